The Balaban J connectivity index is 1.72. The molecule has 0 aliphatic heterocycles. The summed E-state index contributed by atoms with van der Waals surface area (Å²) in [7, 11) is 0. The van der Waals surface area contributed by atoms with Crippen molar-refractivity contribution in [3.63, 3.8) is 0 Å². The molecule has 1 atom stereocenters. The predicted octanol–water partition coefficient (Wildman–Crippen LogP) is 4.00. The van der Waals surface area contributed by atoms with Crippen LogP contribution < -0.4 is 5.32 Å². The largest absolute Gasteiger partial charge is 0.455 e. The molecular weight excluding hydrogens is 361 g/mol. The van der Waals surface area contributed by atoms with Crippen molar-refractivity contribution in [1.82, 2.24) is 5.32 Å². The molecule has 0 aliphatic rings. The van der Waals surface area contributed by atoms with E-state index in [4.69, 9.17) is 27.9 Å². The second kappa shape index (κ2) is 9.44. The molecule has 2 aromatic carbocycles. The second-order valence-electron chi connectivity index (χ2n) is 5.70. The smallest absolute Gasteiger partial charge is 0.310 e. The number of rotatable bonds is 7. The van der Waals surface area contributed by atoms with E-state index in [0.717, 1.165) is 5.56 Å². The van der Waals surface area contributed by atoms with Gasteiger partial charge in [-0.2, -0.15) is 0 Å². The first-order chi connectivity index (χ1) is 12.0. The number of hydrogen-bond donors (Lipinski definition) is 1. The molecular formula is C19H19Cl2NO3. The topological polar surface area (TPSA) is 55.4 Å². The molecule has 0 bridgehead atoms. The van der Waals surface area contributed by atoms with Crippen molar-refractivity contribution in [3.8, 4) is 0 Å². The van der Waals surface area contributed by atoms with E-state index >= 15 is 0 Å². The zero-order valence-electron chi connectivity index (χ0n) is 13.8. The summed E-state index contributed by atoms with van der Waals surface area (Å²) < 4.78 is 4.99. The van der Waals surface area contributed by atoms with Crippen LogP contribution in [0.25, 0.3) is 0 Å². The van der Waals surface area contributed by atoms with Crippen LogP contribution in [0.15, 0.2) is 48.5 Å². The maximum Gasteiger partial charge on any atom is 0.310 e. The summed E-state index contributed by atoms with van der Waals surface area (Å²) in [5.74, 6) is -0.646. The number of nitrogens with one attached hydrogen (secondary N) is 1. The van der Waals surface area contributed by atoms with Crippen LogP contribution in [0.3, 0.4) is 0 Å². The van der Waals surface area contributed by atoms with Gasteiger partial charge >= 0.3 is 5.97 Å². The molecule has 0 saturated carbocycles. The van der Waals surface area contributed by atoms with Crippen molar-refractivity contribution >= 4 is 35.1 Å². The maximum absolute atomic E-state index is 11.8. The van der Waals surface area contributed by atoms with E-state index in [1.54, 1.807) is 18.2 Å². The number of hydrogen-bond acceptors (Lipinski definition) is 3. The molecule has 4 nitrogen and oxygen atoms in total. The van der Waals surface area contributed by atoms with Gasteiger partial charge in [0.05, 0.1) is 16.5 Å². The van der Waals surface area contributed by atoms with Gasteiger partial charge in [-0.1, -0.05) is 66.5 Å². The van der Waals surface area contributed by atoms with Crippen LogP contribution in [0.5, 0.6) is 0 Å². The Hall–Kier alpha value is -2.04. The molecule has 0 fully saturated rings. The lowest BCUT2D eigenvalue weighted by molar-refractivity contribution is -0.147. The molecule has 0 spiro atoms. The fourth-order valence-electron chi connectivity index (χ4n) is 2.23. The SMILES string of the molecule is C[C@H](CNC(=O)COC(=O)Cc1ccc(Cl)c(Cl)c1)c1ccccc1. The highest BCUT2D eigenvalue weighted by Gasteiger charge is 2.11. The van der Waals surface area contributed by atoms with Gasteiger partial charge in [0.15, 0.2) is 6.61 Å². The van der Waals surface area contributed by atoms with Gasteiger partial charge in [0.1, 0.15) is 0 Å². The Morgan fingerprint density at radius 1 is 1.08 bits per heavy atom. The fraction of sp³-hybridized carbons (Fsp3) is 0.263. The van der Waals surface area contributed by atoms with E-state index in [2.05, 4.69) is 5.32 Å². The van der Waals surface area contributed by atoms with E-state index in [9.17, 15) is 9.59 Å². The Bertz CT molecular complexity index is 735. The monoisotopic (exact) mass is 379 g/mol. The lowest BCUT2D eigenvalue weighted by atomic mass is 10.0. The van der Waals surface area contributed by atoms with Crippen LogP contribution in [0.2, 0.25) is 10.0 Å². The molecule has 1 N–H and O–H groups in total. The lowest BCUT2D eigenvalue weighted by Crippen LogP contribution is -2.31. The van der Waals surface area contributed by atoms with Gasteiger partial charge in [-0.3, -0.25) is 9.59 Å². The van der Waals surface area contributed by atoms with E-state index in [1.807, 2.05) is 37.3 Å². The van der Waals surface area contributed by atoms with E-state index in [-0.39, 0.29) is 24.9 Å². The van der Waals surface area contributed by atoms with Crippen molar-refractivity contribution < 1.29 is 14.3 Å². The molecule has 25 heavy (non-hydrogen) atoms. The third kappa shape index (κ3) is 6.40. The van der Waals surface area contributed by atoms with Crippen molar-refractivity contribution in [2.24, 2.45) is 0 Å². The van der Waals surface area contributed by atoms with Crippen LogP contribution in [0, 0.1) is 0 Å². The van der Waals surface area contributed by atoms with Gasteiger partial charge in [-0.15, -0.1) is 0 Å². The zero-order valence-corrected chi connectivity index (χ0v) is 15.3. The Morgan fingerprint density at radius 3 is 2.48 bits per heavy atom. The molecule has 132 valence electrons. The highest BCUT2D eigenvalue weighted by Crippen LogP contribution is 2.22. The van der Waals surface area contributed by atoms with E-state index in [1.165, 1.54) is 0 Å². The average Bonchev–Trinajstić information content (AvgIpc) is 2.61. The summed E-state index contributed by atoms with van der Waals surface area (Å²) >= 11 is 11.7. The van der Waals surface area contributed by atoms with Crippen molar-refractivity contribution in [2.45, 2.75) is 19.3 Å². The molecule has 0 aromatic heterocycles. The maximum atomic E-state index is 11.8. The minimum Gasteiger partial charge on any atom is -0.455 e. The molecule has 0 radical (unpaired) electrons. The highest BCUT2D eigenvalue weighted by atomic mass is 35.5. The first-order valence-electron chi connectivity index (χ1n) is 7.87. The minimum atomic E-state index is -0.496. The highest BCUT2D eigenvalue weighted by molar-refractivity contribution is 6.42. The number of carbonyl (C=O) groups excluding carboxylic acids is 2. The van der Waals surface area contributed by atoms with Crippen LogP contribution in [0.1, 0.15) is 24.0 Å². The number of benzene rings is 2. The van der Waals surface area contributed by atoms with Gasteiger partial charge in [0.2, 0.25) is 0 Å². The van der Waals surface area contributed by atoms with Crippen molar-refractivity contribution in [2.75, 3.05) is 13.2 Å². The third-order valence-electron chi connectivity index (χ3n) is 3.67. The predicted molar refractivity (Wildman–Crippen MR) is 99.0 cm³/mol. The number of amides is 1. The molecule has 0 heterocycles. The molecule has 6 heteroatoms. The molecule has 0 aliphatic carbocycles. The summed E-state index contributed by atoms with van der Waals surface area (Å²) in [5, 5.41) is 3.56. The fourth-order valence-corrected chi connectivity index (χ4v) is 2.55. The molecule has 2 rings (SSSR count). The van der Waals surface area contributed by atoms with E-state index in [0.29, 0.717) is 22.2 Å². The normalized spacial score (nSPS) is 11.6. The molecule has 2 aromatic rings. The number of halogens is 2. The Kier molecular flexibility index (Phi) is 7.29. The summed E-state index contributed by atoms with van der Waals surface area (Å²) in [4.78, 5) is 23.6. The van der Waals surface area contributed by atoms with E-state index < -0.39 is 5.97 Å². The summed E-state index contributed by atoms with van der Waals surface area (Å²) in [6.07, 6.45) is 0.0323. The number of esters is 1. The number of ether oxygens (including phenoxy) is 1. The first kappa shape index (κ1) is 19.3. The zero-order chi connectivity index (χ0) is 18.2. The van der Waals surface area contributed by atoms with Gasteiger partial charge in [-0.05, 0) is 29.2 Å². The summed E-state index contributed by atoms with van der Waals surface area (Å²) in [6.45, 7) is 2.20. The van der Waals surface area contributed by atoms with Crippen LogP contribution in [0.4, 0.5) is 0 Å². The Labute approximate surface area is 157 Å². The van der Waals surface area contributed by atoms with Gasteiger partial charge < -0.3 is 10.1 Å². The standard InChI is InChI=1S/C19H19Cl2NO3/c1-13(15-5-3-2-4-6-15)11-22-18(23)12-25-19(24)10-14-7-8-16(20)17(21)9-14/h2-9,13H,10-12H2,1H3,(H,22,23)/t13-/m1/s1. The summed E-state index contributed by atoms with van der Waals surface area (Å²) in [6, 6.07) is 14.8. The van der Waals surface area contributed by atoms with Gasteiger partial charge in [0, 0.05) is 6.54 Å². The van der Waals surface area contributed by atoms with Crippen molar-refractivity contribution in [3.05, 3.63) is 69.7 Å². The minimum absolute atomic E-state index is 0.0323. The molecule has 1 amide bonds. The first-order valence-corrected chi connectivity index (χ1v) is 8.62. The molecule has 0 saturated heterocycles. The van der Waals surface area contributed by atoms with Crippen LogP contribution in [-0.2, 0) is 20.7 Å². The average molecular weight is 380 g/mol. The Morgan fingerprint density at radius 2 is 1.80 bits per heavy atom. The van der Waals surface area contributed by atoms with Gasteiger partial charge in [0.25, 0.3) is 5.91 Å². The quantitative estimate of drug-likeness (QED) is 0.739. The van der Waals surface area contributed by atoms with Crippen LogP contribution in [-0.4, -0.2) is 25.0 Å². The lowest BCUT2D eigenvalue weighted by Gasteiger charge is -2.13. The van der Waals surface area contributed by atoms with Crippen LogP contribution >= 0.6 is 23.2 Å². The van der Waals surface area contributed by atoms with Gasteiger partial charge in [-0.25, -0.2) is 0 Å². The summed E-state index contributed by atoms with van der Waals surface area (Å²) in [5.41, 5.74) is 1.82. The number of carbonyl (C=O) groups is 2. The molecule has 0 unspecified atom stereocenters. The van der Waals surface area contributed by atoms with Crippen molar-refractivity contribution in [1.29, 1.82) is 0 Å². The third-order valence-corrected chi connectivity index (χ3v) is 4.41. The second-order valence-corrected chi connectivity index (χ2v) is 6.52.